The van der Waals surface area contributed by atoms with E-state index < -0.39 is 5.97 Å². The second kappa shape index (κ2) is 10.7. The predicted octanol–water partition coefficient (Wildman–Crippen LogP) is 4.77. The van der Waals surface area contributed by atoms with E-state index in [1.54, 1.807) is 34.9 Å². The number of carbonyl (C=O) groups is 1. The molecular formula is C31H32N6O3. The molecule has 9 heteroatoms. The average molecular weight is 537 g/mol. The maximum absolute atomic E-state index is 13.6. The summed E-state index contributed by atoms with van der Waals surface area (Å²) in [4.78, 5) is 34.9. The predicted molar refractivity (Wildman–Crippen MR) is 157 cm³/mol. The lowest BCUT2D eigenvalue weighted by Gasteiger charge is -2.42. The Bertz CT molecular complexity index is 1690. The van der Waals surface area contributed by atoms with E-state index in [4.69, 9.17) is 10.2 Å². The number of aromatic carboxylic acids is 1. The molecule has 1 saturated heterocycles. The van der Waals surface area contributed by atoms with Gasteiger partial charge in [-0.3, -0.25) is 9.20 Å². The third kappa shape index (κ3) is 4.96. The fraction of sp³-hybridized carbons (Fsp3) is 0.290. The van der Waals surface area contributed by atoms with Gasteiger partial charge in [0.05, 0.1) is 28.8 Å². The summed E-state index contributed by atoms with van der Waals surface area (Å²) in [6.07, 6.45) is 1.80. The number of nitrogens with zero attached hydrogens (tertiary/aromatic N) is 5. The van der Waals surface area contributed by atoms with Gasteiger partial charge in [-0.25, -0.2) is 9.78 Å². The molecule has 204 valence electrons. The van der Waals surface area contributed by atoms with Gasteiger partial charge in [0.25, 0.3) is 5.56 Å². The Kier molecular flexibility index (Phi) is 7.18. The van der Waals surface area contributed by atoms with E-state index in [2.05, 4.69) is 28.1 Å². The summed E-state index contributed by atoms with van der Waals surface area (Å²) in [5.74, 6) is -0.342. The van der Waals surface area contributed by atoms with E-state index in [0.717, 1.165) is 29.9 Å². The van der Waals surface area contributed by atoms with Gasteiger partial charge in [-0.15, -0.1) is 0 Å². The van der Waals surface area contributed by atoms with Crippen molar-refractivity contribution in [3.63, 3.8) is 0 Å². The van der Waals surface area contributed by atoms with Crippen LogP contribution in [0.1, 0.15) is 52.5 Å². The summed E-state index contributed by atoms with van der Waals surface area (Å²) in [5, 5.41) is 22.1. The number of aromatic nitrogens is 2. The van der Waals surface area contributed by atoms with E-state index >= 15 is 0 Å². The minimum Gasteiger partial charge on any atom is -0.478 e. The van der Waals surface area contributed by atoms with Gasteiger partial charge in [0.15, 0.2) is 0 Å². The number of carboxylic acids is 1. The number of pyridine rings is 1. The van der Waals surface area contributed by atoms with Crippen LogP contribution in [0, 0.1) is 25.2 Å². The maximum atomic E-state index is 13.6. The number of rotatable bonds is 6. The molecule has 3 heterocycles. The summed E-state index contributed by atoms with van der Waals surface area (Å²) < 4.78 is 1.60. The van der Waals surface area contributed by atoms with Crippen LogP contribution in [0.5, 0.6) is 0 Å². The number of aryl methyl sites for hydroxylation is 1. The van der Waals surface area contributed by atoms with Gasteiger partial charge < -0.3 is 20.2 Å². The number of anilines is 3. The zero-order chi connectivity index (χ0) is 28.6. The van der Waals surface area contributed by atoms with Crippen molar-refractivity contribution in [2.75, 3.05) is 34.8 Å². The fourth-order valence-electron chi connectivity index (χ4n) is 5.44. The van der Waals surface area contributed by atoms with Crippen LogP contribution in [0.4, 0.5) is 17.2 Å². The smallest absolute Gasteiger partial charge is 0.337 e. The molecule has 1 unspecified atom stereocenters. The van der Waals surface area contributed by atoms with Gasteiger partial charge in [0, 0.05) is 48.8 Å². The Morgan fingerprint density at radius 3 is 2.55 bits per heavy atom. The molecule has 40 heavy (non-hydrogen) atoms. The molecule has 1 aliphatic rings. The zero-order valence-electron chi connectivity index (χ0n) is 23.0. The first kappa shape index (κ1) is 26.8. The van der Waals surface area contributed by atoms with Gasteiger partial charge >= 0.3 is 5.97 Å². The summed E-state index contributed by atoms with van der Waals surface area (Å²) >= 11 is 0. The molecule has 1 aliphatic heterocycles. The Hall–Kier alpha value is -4.84. The molecule has 9 nitrogen and oxygen atoms in total. The summed E-state index contributed by atoms with van der Waals surface area (Å²) in [7, 11) is 0. The molecule has 2 atom stereocenters. The van der Waals surface area contributed by atoms with Gasteiger partial charge in [-0.05, 0) is 75.7 Å². The number of hydrogen-bond donors (Lipinski definition) is 2. The van der Waals surface area contributed by atoms with E-state index in [0.29, 0.717) is 34.8 Å². The van der Waals surface area contributed by atoms with E-state index in [1.807, 2.05) is 51.1 Å². The van der Waals surface area contributed by atoms with Crippen molar-refractivity contribution in [3.05, 3.63) is 99.0 Å². The molecule has 0 aliphatic carbocycles. The lowest BCUT2D eigenvalue weighted by molar-refractivity contribution is 0.0698. The van der Waals surface area contributed by atoms with Crippen molar-refractivity contribution in [2.24, 2.45) is 0 Å². The number of piperazine rings is 1. The maximum Gasteiger partial charge on any atom is 0.337 e. The first-order chi connectivity index (χ1) is 19.2. The number of benzene rings is 2. The van der Waals surface area contributed by atoms with Crippen molar-refractivity contribution in [2.45, 2.75) is 39.8 Å². The third-order valence-corrected chi connectivity index (χ3v) is 7.55. The van der Waals surface area contributed by atoms with Crippen LogP contribution in [-0.2, 0) is 0 Å². The molecule has 2 aromatic heterocycles. The average Bonchev–Trinajstić information content (AvgIpc) is 2.95. The number of nitrogens with one attached hydrogen (secondary N) is 1. The molecule has 2 aromatic carbocycles. The molecule has 0 radical (unpaired) electrons. The molecule has 0 bridgehead atoms. The van der Waals surface area contributed by atoms with Crippen LogP contribution in [0.3, 0.4) is 0 Å². The monoisotopic (exact) mass is 536 g/mol. The molecule has 0 saturated carbocycles. The first-order valence-corrected chi connectivity index (χ1v) is 13.3. The van der Waals surface area contributed by atoms with Crippen molar-refractivity contribution in [1.29, 1.82) is 5.26 Å². The Morgan fingerprint density at radius 2 is 1.88 bits per heavy atom. The number of fused-ring (bicyclic) bond motifs is 1. The topological polar surface area (TPSA) is 114 Å². The first-order valence-electron chi connectivity index (χ1n) is 13.3. The van der Waals surface area contributed by atoms with Crippen LogP contribution >= 0.6 is 0 Å². The highest BCUT2D eigenvalue weighted by atomic mass is 16.4. The number of nitriles is 1. The van der Waals surface area contributed by atoms with Crippen molar-refractivity contribution < 1.29 is 9.90 Å². The summed E-state index contributed by atoms with van der Waals surface area (Å²) in [5.41, 5.74) is 5.11. The van der Waals surface area contributed by atoms with E-state index in [-0.39, 0.29) is 23.2 Å². The van der Waals surface area contributed by atoms with Crippen LogP contribution in [0.2, 0.25) is 0 Å². The van der Waals surface area contributed by atoms with Crippen LogP contribution in [-0.4, -0.2) is 46.1 Å². The minimum atomic E-state index is -1.01. The minimum absolute atomic E-state index is 0.0873. The highest BCUT2D eigenvalue weighted by Crippen LogP contribution is 2.29. The molecule has 0 amide bonds. The van der Waals surface area contributed by atoms with Gasteiger partial charge in [0.1, 0.15) is 11.5 Å². The van der Waals surface area contributed by atoms with E-state index in [1.165, 1.54) is 0 Å². The van der Waals surface area contributed by atoms with Crippen molar-refractivity contribution >= 4 is 28.8 Å². The molecule has 0 spiro atoms. The number of carboxylic acid groups (broad SMARTS) is 1. The Labute approximate surface area is 232 Å². The summed E-state index contributed by atoms with van der Waals surface area (Å²) in [6, 6.07) is 18.3. The lowest BCUT2D eigenvalue weighted by atomic mass is 10.1. The summed E-state index contributed by atoms with van der Waals surface area (Å²) in [6.45, 7) is 10.0. The largest absolute Gasteiger partial charge is 0.478 e. The Morgan fingerprint density at radius 1 is 1.15 bits per heavy atom. The van der Waals surface area contributed by atoms with Crippen molar-refractivity contribution in [1.82, 2.24) is 9.38 Å². The molecule has 4 aromatic rings. The Balaban J connectivity index is 1.50. The molecule has 1 fully saturated rings. The molecule has 2 N–H and O–H groups in total. The van der Waals surface area contributed by atoms with E-state index in [9.17, 15) is 14.7 Å². The van der Waals surface area contributed by atoms with Crippen molar-refractivity contribution in [3.8, 4) is 6.07 Å². The lowest BCUT2D eigenvalue weighted by Crippen LogP contribution is -2.53. The second-order valence-electron chi connectivity index (χ2n) is 10.4. The number of para-hydroxylation sites is 1. The number of hydrogen-bond acceptors (Lipinski definition) is 7. The molecule has 5 rings (SSSR count). The van der Waals surface area contributed by atoms with Gasteiger partial charge in [0.2, 0.25) is 0 Å². The van der Waals surface area contributed by atoms with Crippen LogP contribution in [0.15, 0.2) is 65.6 Å². The van der Waals surface area contributed by atoms with Gasteiger partial charge in [-0.1, -0.05) is 12.1 Å². The highest BCUT2D eigenvalue weighted by Gasteiger charge is 2.28. The standard InChI is InChI=1S/C31H32N6O3/c1-19-15-26(22(4)33-27-8-6-5-7-25(27)31(39)40)29-34-28(21(3)30(38)37(29)17-19)36-14-13-35(18-20(36)2)24-11-9-23(16-32)10-12-24/h5-12,15,17,20,22,33H,13-14,18H2,1-4H3,(H,39,40)/t20-,22?/m1/s1. The van der Waals surface area contributed by atoms with Crippen LogP contribution < -0.4 is 20.7 Å². The second-order valence-corrected chi connectivity index (χ2v) is 10.4. The quantitative estimate of drug-likeness (QED) is 0.362. The zero-order valence-corrected chi connectivity index (χ0v) is 23.0. The van der Waals surface area contributed by atoms with Crippen LogP contribution in [0.25, 0.3) is 5.65 Å². The SMILES string of the molecule is Cc1cc(C(C)Nc2ccccc2C(=O)O)c2nc(N3CCN(c4ccc(C#N)cc4)C[C@H]3C)c(C)c(=O)n2c1. The highest BCUT2D eigenvalue weighted by molar-refractivity contribution is 5.94. The molecular weight excluding hydrogens is 504 g/mol. The fourth-order valence-corrected chi connectivity index (χ4v) is 5.44. The van der Waals surface area contributed by atoms with Gasteiger partial charge in [-0.2, -0.15) is 5.26 Å². The third-order valence-electron chi connectivity index (χ3n) is 7.55. The normalized spacial score (nSPS) is 16.0.